The summed E-state index contributed by atoms with van der Waals surface area (Å²) in [7, 11) is 1.86. The molecule has 0 spiro atoms. The number of aryl methyl sites for hydroxylation is 3. The molecule has 88 valence electrons. The Bertz CT molecular complexity index is 561. The molecule has 3 nitrogen and oxygen atoms in total. The molecule has 17 heavy (non-hydrogen) atoms. The van der Waals surface area contributed by atoms with Crippen LogP contribution in [0.5, 0.6) is 0 Å². The maximum absolute atomic E-state index is 11.1. The van der Waals surface area contributed by atoms with Crippen molar-refractivity contribution in [1.82, 2.24) is 9.78 Å². The van der Waals surface area contributed by atoms with Gasteiger partial charge < -0.3 is 0 Å². The van der Waals surface area contributed by atoms with Crippen LogP contribution in [-0.2, 0) is 7.05 Å². The van der Waals surface area contributed by atoms with Gasteiger partial charge in [0.15, 0.2) is 6.29 Å². The fraction of sp³-hybridized carbons (Fsp3) is 0.231. The van der Waals surface area contributed by atoms with Crippen molar-refractivity contribution in [3.8, 4) is 0 Å². The Labute approximate surface area is 105 Å². The summed E-state index contributed by atoms with van der Waals surface area (Å²) in [6.45, 7) is 3.91. The predicted molar refractivity (Wildman–Crippen MR) is 68.6 cm³/mol. The minimum Gasteiger partial charge on any atom is -0.298 e. The fourth-order valence-corrected chi connectivity index (χ4v) is 2.75. The van der Waals surface area contributed by atoms with Crippen LogP contribution in [-0.4, -0.2) is 16.1 Å². The Morgan fingerprint density at radius 1 is 1.29 bits per heavy atom. The molecular formula is C13H14N2OS. The number of hydrogen-bond donors (Lipinski definition) is 0. The molecular weight excluding hydrogens is 232 g/mol. The van der Waals surface area contributed by atoms with Gasteiger partial charge in [0, 0.05) is 11.9 Å². The van der Waals surface area contributed by atoms with Crippen LogP contribution >= 0.6 is 11.8 Å². The highest BCUT2D eigenvalue weighted by Gasteiger charge is 2.14. The molecule has 0 N–H and O–H groups in total. The van der Waals surface area contributed by atoms with Crippen molar-refractivity contribution >= 4 is 18.0 Å². The van der Waals surface area contributed by atoms with Crippen LogP contribution in [0.1, 0.15) is 21.6 Å². The highest BCUT2D eigenvalue weighted by atomic mass is 32.2. The van der Waals surface area contributed by atoms with E-state index in [0.717, 1.165) is 21.9 Å². The van der Waals surface area contributed by atoms with E-state index in [2.05, 4.69) is 24.2 Å². The molecule has 1 heterocycles. The minimum atomic E-state index is 0.681. The Balaban J connectivity index is 2.43. The second-order valence-corrected chi connectivity index (χ2v) is 4.94. The van der Waals surface area contributed by atoms with Crippen molar-refractivity contribution in [1.29, 1.82) is 0 Å². The first-order valence-electron chi connectivity index (χ1n) is 5.35. The van der Waals surface area contributed by atoms with Crippen molar-refractivity contribution in [2.75, 3.05) is 0 Å². The van der Waals surface area contributed by atoms with Crippen LogP contribution in [0.15, 0.2) is 34.2 Å². The van der Waals surface area contributed by atoms with Crippen molar-refractivity contribution in [3.63, 3.8) is 0 Å². The first-order chi connectivity index (χ1) is 8.13. The number of aromatic nitrogens is 2. The topological polar surface area (TPSA) is 34.9 Å². The van der Waals surface area contributed by atoms with Gasteiger partial charge in [0.25, 0.3) is 0 Å². The molecule has 2 rings (SSSR count). The molecule has 1 aromatic heterocycles. The van der Waals surface area contributed by atoms with E-state index in [4.69, 9.17) is 0 Å². The standard InChI is InChI=1S/C13H14N2OS/c1-9-6-4-5-7-12(9)17-13-11(8-16)10(2)14-15(13)3/h4-8H,1-3H3. The molecule has 0 bridgehead atoms. The zero-order valence-corrected chi connectivity index (χ0v) is 10.9. The zero-order chi connectivity index (χ0) is 12.4. The lowest BCUT2D eigenvalue weighted by Gasteiger charge is -2.05. The van der Waals surface area contributed by atoms with Crippen LogP contribution in [0.4, 0.5) is 0 Å². The third kappa shape index (κ3) is 2.26. The smallest absolute Gasteiger partial charge is 0.154 e. The van der Waals surface area contributed by atoms with Crippen LogP contribution < -0.4 is 0 Å². The highest BCUT2D eigenvalue weighted by molar-refractivity contribution is 7.99. The van der Waals surface area contributed by atoms with Gasteiger partial charge in [-0.05, 0) is 25.5 Å². The first-order valence-corrected chi connectivity index (χ1v) is 6.17. The molecule has 4 heteroatoms. The summed E-state index contributed by atoms with van der Waals surface area (Å²) in [4.78, 5) is 12.2. The molecule has 0 aliphatic carbocycles. The van der Waals surface area contributed by atoms with E-state index in [1.807, 2.05) is 26.1 Å². The average Bonchev–Trinajstić information content (AvgIpc) is 2.56. The number of hydrogen-bond acceptors (Lipinski definition) is 3. The van der Waals surface area contributed by atoms with Gasteiger partial charge >= 0.3 is 0 Å². The first kappa shape index (κ1) is 11.9. The predicted octanol–water partition coefficient (Wildman–Crippen LogP) is 3.00. The van der Waals surface area contributed by atoms with E-state index in [1.165, 1.54) is 5.56 Å². The van der Waals surface area contributed by atoms with Crippen LogP contribution in [0, 0.1) is 13.8 Å². The van der Waals surface area contributed by atoms with Crippen LogP contribution in [0.3, 0.4) is 0 Å². The summed E-state index contributed by atoms with van der Waals surface area (Å²) in [6, 6.07) is 8.12. The summed E-state index contributed by atoms with van der Waals surface area (Å²) < 4.78 is 1.76. The third-order valence-electron chi connectivity index (χ3n) is 2.63. The largest absolute Gasteiger partial charge is 0.298 e. The lowest BCUT2D eigenvalue weighted by atomic mass is 10.2. The number of carbonyl (C=O) groups is 1. The van der Waals surface area contributed by atoms with Gasteiger partial charge in [-0.2, -0.15) is 5.10 Å². The van der Waals surface area contributed by atoms with E-state index in [9.17, 15) is 4.79 Å². The summed E-state index contributed by atoms with van der Waals surface area (Å²) in [5.74, 6) is 0. The van der Waals surface area contributed by atoms with Crippen molar-refractivity contribution in [2.45, 2.75) is 23.8 Å². The molecule has 2 aromatic rings. The van der Waals surface area contributed by atoms with E-state index in [1.54, 1.807) is 16.4 Å². The Morgan fingerprint density at radius 2 is 2.00 bits per heavy atom. The molecule has 0 amide bonds. The maximum Gasteiger partial charge on any atom is 0.154 e. The van der Waals surface area contributed by atoms with Gasteiger partial charge in [0.1, 0.15) is 5.03 Å². The summed E-state index contributed by atoms with van der Waals surface area (Å²) in [5.41, 5.74) is 2.66. The minimum absolute atomic E-state index is 0.681. The molecule has 0 aliphatic rings. The number of aldehydes is 1. The molecule has 1 aromatic carbocycles. The van der Waals surface area contributed by atoms with Gasteiger partial charge in [0.05, 0.1) is 11.3 Å². The summed E-state index contributed by atoms with van der Waals surface area (Å²) in [6.07, 6.45) is 0.878. The Morgan fingerprint density at radius 3 is 2.65 bits per heavy atom. The molecule has 0 saturated carbocycles. The Kier molecular flexibility index (Phi) is 3.33. The van der Waals surface area contributed by atoms with E-state index in [0.29, 0.717) is 5.56 Å². The van der Waals surface area contributed by atoms with Gasteiger partial charge in [-0.15, -0.1) is 0 Å². The number of carbonyl (C=O) groups excluding carboxylic acids is 1. The van der Waals surface area contributed by atoms with Crippen molar-refractivity contribution in [2.24, 2.45) is 7.05 Å². The third-order valence-corrected chi connectivity index (χ3v) is 3.99. The molecule has 0 fully saturated rings. The number of rotatable bonds is 3. The van der Waals surface area contributed by atoms with E-state index >= 15 is 0 Å². The van der Waals surface area contributed by atoms with Gasteiger partial charge in [-0.25, -0.2) is 0 Å². The second-order valence-electron chi connectivity index (χ2n) is 3.91. The fourth-order valence-electron chi connectivity index (χ4n) is 1.69. The monoisotopic (exact) mass is 246 g/mol. The second kappa shape index (κ2) is 4.75. The van der Waals surface area contributed by atoms with Gasteiger partial charge in [0.2, 0.25) is 0 Å². The van der Waals surface area contributed by atoms with Gasteiger partial charge in [-0.1, -0.05) is 30.0 Å². The molecule has 0 saturated heterocycles. The van der Waals surface area contributed by atoms with Crippen LogP contribution in [0.25, 0.3) is 0 Å². The summed E-state index contributed by atoms with van der Waals surface area (Å²) in [5, 5.41) is 5.17. The molecule has 0 unspecified atom stereocenters. The van der Waals surface area contributed by atoms with Crippen molar-refractivity contribution < 1.29 is 4.79 Å². The maximum atomic E-state index is 11.1. The zero-order valence-electron chi connectivity index (χ0n) is 10.1. The van der Waals surface area contributed by atoms with Gasteiger partial charge in [-0.3, -0.25) is 9.48 Å². The lowest BCUT2D eigenvalue weighted by Crippen LogP contribution is -1.93. The van der Waals surface area contributed by atoms with E-state index in [-0.39, 0.29) is 0 Å². The number of benzene rings is 1. The number of nitrogens with zero attached hydrogens (tertiary/aromatic N) is 2. The SMILES string of the molecule is Cc1ccccc1Sc1c(C=O)c(C)nn1C. The highest BCUT2D eigenvalue weighted by Crippen LogP contribution is 2.32. The molecule has 0 aliphatic heterocycles. The normalized spacial score (nSPS) is 10.5. The lowest BCUT2D eigenvalue weighted by molar-refractivity contribution is 0.112. The van der Waals surface area contributed by atoms with Crippen LogP contribution in [0.2, 0.25) is 0 Å². The quantitative estimate of drug-likeness (QED) is 0.781. The average molecular weight is 246 g/mol. The molecule has 0 radical (unpaired) electrons. The van der Waals surface area contributed by atoms with Crippen molar-refractivity contribution in [3.05, 3.63) is 41.1 Å². The van der Waals surface area contributed by atoms with E-state index < -0.39 is 0 Å². The summed E-state index contributed by atoms with van der Waals surface area (Å²) >= 11 is 1.58. The Hall–Kier alpha value is -1.55. The molecule has 0 atom stereocenters.